The highest BCUT2D eigenvalue weighted by atomic mass is 35.5. The first-order valence-electron chi connectivity index (χ1n) is 6.74. The maximum absolute atomic E-state index is 11.9. The first-order valence-corrected chi connectivity index (χ1v) is 7.12. The zero-order chi connectivity index (χ0) is 16.1. The van der Waals surface area contributed by atoms with E-state index < -0.39 is 0 Å². The summed E-state index contributed by atoms with van der Waals surface area (Å²) in [5.41, 5.74) is 0.619. The van der Waals surface area contributed by atoms with Crippen molar-refractivity contribution in [2.45, 2.75) is 26.5 Å². The molecule has 22 heavy (non-hydrogen) atoms. The molecule has 0 fully saturated rings. The minimum Gasteiger partial charge on any atom is -0.489 e. The van der Waals surface area contributed by atoms with Crippen molar-refractivity contribution in [1.82, 2.24) is 15.5 Å². The van der Waals surface area contributed by atoms with E-state index in [-0.39, 0.29) is 23.3 Å². The van der Waals surface area contributed by atoms with Gasteiger partial charge in [-0.25, -0.2) is 5.10 Å². The van der Waals surface area contributed by atoms with E-state index in [0.717, 1.165) is 5.56 Å². The van der Waals surface area contributed by atoms with E-state index in [1.165, 1.54) is 12.1 Å². The van der Waals surface area contributed by atoms with Crippen LogP contribution in [0.3, 0.4) is 0 Å². The Morgan fingerprint density at radius 2 is 2.14 bits per heavy atom. The molecule has 1 aromatic carbocycles. The fraction of sp³-hybridized carbons (Fsp3) is 0.267. The Bertz CT molecular complexity index is 708. The van der Waals surface area contributed by atoms with E-state index >= 15 is 0 Å². The summed E-state index contributed by atoms with van der Waals surface area (Å²) in [7, 11) is 0. The van der Waals surface area contributed by atoms with Crippen molar-refractivity contribution in [1.29, 1.82) is 0 Å². The van der Waals surface area contributed by atoms with Gasteiger partial charge < -0.3 is 10.1 Å². The third-order valence-corrected chi connectivity index (χ3v) is 3.02. The van der Waals surface area contributed by atoms with Gasteiger partial charge in [-0.2, -0.15) is 5.10 Å². The number of amides is 1. The molecule has 0 atom stereocenters. The fourth-order valence-corrected chi connectivity index (χ4v) is 2.00. The smallest absolute Gasteiger partial charge is 0.271 e. The number of hydrogen-bond acceptors (Lipinski definition) is 4. The quantitative estimate of drug-likeness (QED) is 0.883. The van der Waals surface area contributed by atoms with E-state index in [2.05, 4.69) is 15.5 Å². The monoisotopic (exact) mass is 321 g/mol. The minimum atomic E-state index is -0.380. The highest BCUT2D eigenvalue weighted by molar-refractivity contribution is 6.32. The highest BCUT2D eigenvalue weighted by Gasteiger charge is 2.09. The predicted molar refractivity (Wildman–Crippen MR) is 83.2 cm³/mol. The maximum Gasteiger partial charge on any atom is 0.271 e. The number of ether oxygens (including phenoxy) is 1. The van der Waals surface area contributed by atoms with Crippen LogP contribution >= 0.6 is 11.6 Å². The number of H-pyrrole nitrogens is 1. The van der Waals surface area contributed by atoms with Gasteiger partial charge in [0.05, 0.1) is 11.1 Å². The summed E-state index contributed by atoms with van der Waals surface area (Å²) < 4.78 is 5.54. The fourth-order valence-electron chi connectivity index (χ4n) is 1.75. The van der Waals surface area contributed by atoms with Crippen LogP contribution in [-0.2, 0) is 6.54 Å². The Balaban J connectivity index is 1.99. The summed E-state index contributed by atoms with van der Waals surface area (Å²) in [5, 5.41) is 9.06. The summed E-state index contributed by atoms with van der Waals surface area (Å²) in [6.07, 6.45) is 0.0364. The molecular weight excluding hydrogens is 306 g/mol. The highest BCUT2D eigenvalue weighted by Crippen LogP contribution is 2.26. The molecule has 0 spiro atoms. The van der Waals surface area contributed by atoms with Crippen molar-refractivity contribution >= 4 is 17.5 Å². The number of benzene rings is 1. The van der Waals surface area contributed by atoms with Gasteiger partial charge in [-0.15, -0.1) is 0 Å². The van der Waals surface area contributed by atoms with Crippen molar-refractivity contribution in [3.8, 4) is 5.75 Å². The van der Waals surface area contributed by atoms with Gasteiger partial charge in [-0.3, -0.25) is 9.59 Å². The number of nitrogens with one attached hydrogen (secondary N) is 2. The molecule has 0 saturated carbocycles. The van der Waals surface area contributed by atoms with Crippen molar-refractivity contribution in [3.63, 3.8) is 0 Å². The second kappa shape index (κ2) is 7.09. The van der Waals surface area contributed by atoms with Crippen LogP contribution in [0.5, 0.6) is 5.75 Å². The largest absolute Gasteiger partial charge is 0.489 e. The van der Waals surface area contributed by atoms with E-state index in [1.54, 1.807) is 12.1 Å². The van der Waals surface area contributed by atoms with Crippen molar-refractivity contribution in [2.24, 2.45) is 0 Å². The molecule has 0 aliphatic heterocycles. The standard InChI is InChI=1S/C15H16ClN3O3/c1-9(2)22-13-5-3-10(7-11(13)16)8-17-15(21)12-4-6-14(20)19-18-12/h3-7,9H,8H2,1-2H3,(H,17,21)(H,19,20). The number of aromatic nitrogens is 2. The van der Waals surface area contributed by atoms with Crippen LogP contribution in [-0.4, -0.2) is 22.2 Å². The molecule has 6 nitrogen and oxygen atoms in total. The van der Waals surface area contributed by atoms with Crippen LogP contribution in [0.4, 0.5) is 0 Å². The number of hydrogen-bond donors (Lipinski definition) is 2. The molecule has 0 aliphatic rings. The Kier molecular flexibility index (Phi) is 5.16. The lowest BCUT2D eigenvalue weighted by molar-refractivity contribution is 0.0945. The van der Waals surface area contributed by atoms with Crippen LogP contribution in [0.25, 0.3) is 0 Å². The normalized spacial score (nSPS) is 10.5. The first kappa shape index (κ1) is 16.0. The zero-order valence-corrected chi connectivity index (χ0v) is 13.0. The number of nitrogens with zero attached hydrogens (tertiary/aromatic N) is 1. The molecule has 0 saturated heterocycles. The molecule has 116 valence electrons. The van der Waals surface area contributed by atoms with Gasteiger partial charge in [0, 0.05) is 12.6 Å². The van der Waals surface area contributed by atoms with Crippen molar-refractivity contribution < 1.29 is 9.53 Å². The number of carbonyl (C=O) groups excluding carboxylic acids is 1. The van der Waals surface area contributed by atoms with Crippen LogP contribution in [0, 0.1) is 0 Å². The average Bonchev–Trinajstić information content (AvgIpc) is 2.47. The second-order valence-electron chi connectivity index (χ2n) is 4.92. The predicted octanol–water partition coefficient (Wildman–Crippen LogP) is 2.14. The van der Waals surface area contributed by atoms with Gasteiger partial charge in [0.25, 0.3) is 11.5 Å². The van der Waals surface area contributed by atoms with Crippen molar-refractivity contribution in [2.75, 3.05) is 0 Å². The maximum atomic E-state index is 11.9. The molecule has 0 bridgehead atoms. The zero-order valence-electron chi connectivity index (χ0n) is 12.2. The second-order valence-corrected chi connectivity index (χ2v) is 5.33. The van der Waals surface area contributed by atoms with E-state index in [9.17, 15) is 9.59 Å². The third kappa shape index (κ3) is 4.33. The van der Waals surface area contributed by atoms with E-state index in [4.69, 9.17) is 16.3 Å². The topological polar surface area (TPSA) is 84.1 Å². The third-order valence-electron chi connectivity index (χ3n) is 2.72. The molecular formula is C15H16ClN3O3. The van der Waals surface area contributed by atoms with Gasteiger partial charge in [0.15, 0.2) is 0 Å². The van der Waals surface area contributed by atoms with E-state index in [0.29, 0.717) is 17.3 Å². The number of halogens is 1. The molecule has 1 amide bonds. The lowest BCUT2D eigenvalue weighted by atomic mass is 10.2. The molecule has 2 aromatic rings. The summed E-state index contributed by atoms with van der Waals surface area (Å²) >= 11 is 6.13. The lowest BCUT2D eigenvalue weighted by Gasteiger charge is -2.12. The molecule has 2 rings (SSSR count). The van der Waals surface area contributed by atoms with Gasteiger partial charge in [-0.05, 0) is 37.6 Å². The average molecular weight is 322 g/mol. The van der Waals surface area contributed by atoms with Crippen LogP contribution in [0.15, 0.2) is 35.1 Å². The Labute approximate surface area is 132 Å². The van der Waals surface area contributed by atoms with E-state index in [1.807, 2.05) is 19.9 Å². The van der Waals surface area contributed by atoms with Crippen LogP contribution in [0.1, 0.15) is 29.9 Å². The summed E-state index contributed by atoms with van der Waals surface area (Å²) in [6.45, 7) is 4.13. The van der Waals surface area contributed by atoms with Gasteiger partial charge in [-0.1, -0.05) is 17.7 Å². The first-order chi connectivity index (χ1) is 10.5. The minimum absolute atomic E-state index is 0.0364. The molecule has 0 radical (unpaired) electrons. The number of carbonyl (C=O) groups is 1. The molecule has 1 aromatic heterocycles. The van der Waals surface area contributed by atoms with Gasteiger partial charge in [0.2, 0.25) is 0 Å². The van der Waals surface area contributed by atoms with Gasteiger partial charge in [0.1, 0.15) is 11.4 Å². The SMILES string of the molecule is CC(C)Oc1ccc(CNC(=O)c2ccc(=O)[nH]n2)cc1Cl. The summed E-state index contributed by atoms with van der Waals surface area (Å²) in [6, 6.07) is 7.93. The molecule has 0 unspecified atom stereocenters. The Morgan fingerprint density at radius 3 is 2.73 bits per heavy atom. The Morgan fingerprint density at radius 1 is 1.36 bits per heavy atom. The van der Waals surface area contributed by atoms with Crippen LogP contribution < -0.4 is 15.6 Å². The Hall–Kier alpha value is -2.34. The molecule has 0 aliphatic carbocycles. The summed E-state index contributed by atoms with van der Waals surface area (Å²) in [4.78, 5) is 22.8. The van der Waals surface area contributed by atoms with Crippen LogP contribution in [0.2, 0.25) is 5.02 Å². The van der Waals surface area contributed by atoms with Crippen molar-refractivity contribution in [3.05, 3.63) is 57.0 Å². The number of aromatic amines is 1. The lowest BCUT2D eigenvalue weighted by Crippen LogP contribution is -2.25. The molecule has 2 N–H and O–H groups in total. The number of rotatable bonds is 5. The van der Waals surface area contributed by atoms with Gasteiger partial charge >= 0.3 is 0 Å². The molecule has 1 heterocycles. The summed E-state index contributed by atoms with van der Waals surface area (Å²) in [5.74, 6) is 0.226. The molecule has 7 heteroatoms.